The van der Waals surface area contributed by atoms with Gasteiger partial charge in [-0.25, -0.2) is 4.79 Å². The van der Waals surface area contributed by atoms with Crippen LogP contribution in [-0.4, -0.2) is 52.7 Å². The van der Waals surface area contributed by atoms with Gasteiger partial charge >= 0.3 is 6.09 Å². The number of terminal acetylenes is 1. The molecule has 0 spiro atoms. The van der Waals surface area contributed by atoms with Crippen LogP contribution < -0.4 is 10.6 Å². The van der Waals surface area contributed by atoms with Crippen molar-refractivity contribution >= 4 is 17.9 Å². The van der Waals surface area contributed by atoms with Crippen molar-refractivity contribution in [3.63, 3.8) is 0 Å². The predicted octanol–water partition coefficient (Wildman–Crippen LogP) is 2.26. The van der Waals surface area contributed by atoms with Gasteiger partial charge in [-0.2, -0.15) is 5.26 Å². The smallest absolute Gasteiger partial charge is 0.408 e. The second kappa shape index (κ2) is 12.9. The molecule has 2 unspecified atom stereocenters. The predicted molar refractivity (Wildman–Crippen MR) is 133 cm³/mol. The molecular weight excluding hydrogens is 460 g/mol. The van der Waals surface area contributed by atoms with Crippen LogP contribution in [0.4, 0.5) is 4.79 Å². The number of nitriles is 1. The number of amides is 3. The number of alkyl carbamates (subject to hydrolysis) is 1. The zero-order valence-corrected chi connectivity index (χ0v) is 20.5. The number of hydrogen-bond donors (Lipinski definition) is 3. The van der Waals surface area contributed by atoms with Crippen LogP contribution in [0.15, 0.2) is 54.6 Å². The van der Waals surface area contributed by atoms with E-state index < -0.39 is 48.7 Å². The summed E-state index contributed by atoms with van der Waals surface area (Å²) in [4.78, 5) is 40.0. The Morgan fingerprint density at radius 3 is 2.28 bits per heavy atom. The minimum Gasteiger partial charge on any atom is -0.444 e. The minimum absolute atomic E-state index is 0.187. The summed E-state index contributed by atoms with van der Waals surface area (Å²) in [5.74, 6) is 1.11. The van der Waals surface area contributed by atoms with Crippen LogP contribution in [0.25, 0.3) is 0 Å². The molecule has 0 heterocycles. The molecule has 188 valence electrons. The summed E-state index contributed by atoms with van der Waals surface area (Å²) in [6.45, 7) is 3.89. The SMILES string of the molecule is C#Cc1ccc(C(C(=O)NCc2ccccc2)N(CC#N)C(=O)C(CO)NC(=O)OC(C)(C)C)cc1. The first-order chi connectivity index (χ1) is 17.1. The van der Waals surface area contributed by atoms with E-state index in [0.29, 0.717) is 11.1 Å². The van der Waals surface area contributed by atoms with Crippen LogP contribution in [-0.2, 0) is 20.9 Å². The van der Waals surface area contributed by atoms with Gasteiger partial charge in [-0.1, -0.05) is 48.4 Å². The molecule has 0 radical (unpaired) electrons. The van der Waals surface area contributed by atoms with Crippen LogP contribution in [0.2, 0.25) is 0 Å². The fourth-order valence-electron chi connectivity index (χ4n) is 3.32. The Hall–Kier alpha value is -4.34. The highest BCUT2D eigenvalue weighted by molar-refractivity contribution is 5.92. The van der Waals surface area contributed by atoms with Gasteiger partial charge in [0.05, 0.1) is 12.7 Å². The molecule has 2 rings (SSSR count). The third kappa shape index (κ3) is 8.15. The molecule has 0 bridgehead atoms. The van der Waals surface area contributed by atoms with E-state index in [4.69, 9.17) is 11.2 Å². The second-order valence-corrected chi connectivity index (χ2v) is 8.88. The van der Waals surface area contributed by atoms with Crippen molar-refractivity contribution in [2.45, 2.75) is 45.0 Å². The molecule has 2 aromatic rings. The van der Waals surface area contributed by atoms with Crippen molar-refractivity contribution in [3.05, 3.63) is 71.3 Å². The van der Waals surface area contributed by atoms with Gasteiger partial charge in [-0.3, -0.25) is 9.59 Å². The molecule has 2 aromatic carbocycles. The molecule has 9 nitrogen and oxygen atoms in total. The topological polar surface area (TPSA) is 132 Å². The number of rotatable bonds is 9. The highest BCUT2D eigenvalue weighted by Gasteiger charge is 2.36. The van der Waals surface area contributed by atoms with Crippen LogP contribution in [0.3, 0.4) is 0 Å². The van der Waals surface area contributed by atoms with Crippen molar-refractivity contribution in [2.75, 3.05) is 13.2 Å². The fourth-order valence-corrected chi connectivity index (χ4v) is 3.32. The van der Waals surface area contributed by atoms with E-state index in [2.05, 4.69) is 16.6 Å². The fraction of sp³-hybridized carbons (Fsp3) is 0.333. The molecule has 0 aliphatic carbocycles. The van der Waals surface area contributed by atoms with Gasteiger partial charge < -0.3 is 25.4 Å². The molecule has 36 heavy (non-hydrogen) atoms. The van der Waals surface area contributed by atoms with Gasteiger partial charge in [0, 0.05) is 12.1 Å². The zero-order valence-electron chi connectivity index (χ0n) is 20.5. The maximum atomic E-state index is 13.4. The summed E-state index contributed by atoms with van der Waals surface area (Å²) in [6.07, 6.45) is 4.51. The lowest BCUT2D eigenvalue weighted by Crippen LogP contribution is -2.54. The van der Waals surface area contributed by atoms with E-state index in [1.54, 1.807) is 45.0 Å². The lowest BCUT2D eigenvalue weighted by molar-refractivity contribution is -0.142. The van der Waals surface area contributed by atoms with E-state index in [0.717, 1.165) is 10.5 Å². The Labute approximate surface area is 211 Å². The highest BCUT2D eigenvalue weighted by atomic mass is 16.6. The van der Waals surface area contributed by atoms with Gasteiger partial charge in [-0.15, -0.1) is 6.42 Å². The van der Waals surface area contributed by atoms with Crippen molar-refractivity contribution < 1.29 is 24.2 Å². The summed E-state index contributed by atoms with van der Waals surface area (Å²) < 4.78 is 5.17. The van der Waals surface area contributed by atoms with Gasteiger partial charge in [0.15, 0.2) is 0 Å². The third-order valence-corrected chi connectivity index (χ3v) is 4.96. The largest absolute Gasteiger partial charge is 0.444 e. The van der Waals surface area contributed by atoms with Gasteiger partial charge in [-0.05, 0) is 44.0 Å². The monoisotopic (exact) mass is 490 g/mol. The average molecular weight is 491 g/mol. The van der Waals surface area contributed by atoms with Crippen molar-refractivity contribution in [2.24, 2.45) is 0 Å². The number of aliphatic hydroxyl groups is 1. The molecule has 9 heteroatoms. The van der Waals surface area contributed by atoms with Crippen LogP contribution in [0.5, 0.6) is 0 Å². The number of benzene rings is 2. The molecule has 0 aliphatic rings. The lowest BCUT2D eigenvalue weighted by Gasteiger charge is -2.32. The number of hydrogen-bond acceptors (Lipinski definition) is 6. The number of nitrogens with one attached hydrogen (secondary N) is 2. The molecule has 3 amide bonds. The molecule has 3 N–H and O–H groups in total. The molecule has 0 aliphatic heterocycles. The molecule has 2 atom stereocenters. The van der Waals surface area contributed by atoms with E-state index in [1.807, 2.05) is 36.4 Å². The molecule has 0 aromatic heterocycles. The van der Waals surface area contributed by atoms with Crippen molar-refractivity contribution in [1.29, 1.82) is 5.26 Å². The number of ether oxygens (including phenoxy) is 1. The summed E-state index contributed by atoms with van der Waals surface area (Å²) in [7, 11) is 0. The third-order valence-electron chi connectivity index (χ3n) is 4.96. The summed E-state index contributed by atoms with van der Waals surface area (Å²) >= 11 is 0. The van der Waals surface area contributed by atoms with Gasteiger partial charge in [0.1, 0.15) is 24.2 Å². The standard InChI is InChI=1S/C27H30N4O5/c1-5-19-11-13-21(14-12-19)23(24(33)29-17-20-9-7-6-8-10-20)31(16-15-28)25(34)22(18-32)30-26(35)36-27(2,3)4/h1,6-14,22-23,32H,16-18H2,2-4H3,(H,29,33)(H,30,35). The van der Waals surface area contributed by atoms with E-state index >= 15 is 0 Å². The second-order valence-electron chi connectivity index (χ2n) is 8.88. The Balaban J connectivity index is 2.38. The maximum absolute atomic E-state index is 13.4. The maximum Gasteiger partial charge on any atom is 0.408 e. The first-order valence-corrected chi connectivity index (χ1v) is 11.3. The number of carbonyl (C=O) groups excluding carboxylic acids is 3. The molecular formula is C27H30N4O5. The number of carbonyl (C=O) groups is 3. The van der Waals surface area contributed by atoms with E-state index in [1.165, 1.54) is 0 Å². The Kier molecular flexibility index (Phi) is 10.0. The Bertz CT molecular complexity index is 1130. The minimum atomic E-state index is -1.44. The average Bonchev–Trinajstić information content (AvgIpc) is 2.85. The summed E-state index contributed by atoms with van der Waals surface area (Å²) in [6, 6.07) is 14.8. The molecule has 0 saturated heterocycles. The Morgan fingerprint density at radius 2 is 1.75 bits per heavy atom. The summed E-state index contributed by atoms with van der Waals surface area (Å²) in [5, 5.41) is 24.4. The van der Waals surface area contributed by atoms with Crippen LogP contribution in [0.1, 0.15) is 43.5 Å². The summed E-state index contributed by atoms with van der Waals surface area (Å²) in [5.41, 5.74) is 0.973. The number of nitrogens with zero attached hydrogens (tertiary/aromatic N) is 2. The lowest BCUT2D eigenvalue weighted by atomic mass is 10.0. The van der Waals surface area contributed by atoms with Gasteiger partial charge in [0.2, 0.25) is 11.8 Å². The van der Waals surface area contributed by atoms with E-state index in [9.17, 15) is 24.8 Å². The van der Waals surface area contributed by atoms with Crippen LogP contribution in [0, 0.1) is 23.7 Å². The highest BCUT2D eigenvalue weighted by Crippen LogP contribution is 2.23. The van der Waals surface area contributed by atoms with E-state index in [-0.39, 0.29) is 6.54 Å². The molecule has 0 fully saturated rings. The van der Waals surface area contributed by atoms with Gasteiger partial charge in [0.25, 0.3) is 0 Å². The van der Waals surface area contributed by atoms with Crippen molar-refractivity contribution in [3.8, 4) is 18.4 Å². The first kappa shape index (κ1) is 27.9. The normalized spacial score (nSPS) is 12.3. The first-order valence-electron chi connectivity index (χ1n) is 11.3. The Morgan fingerprint density at radius 1 is 1.11 bits per heavy atom. The molecule has 0 saturated carbocycles. The quantitative estimate of drug-likeness (QED) is 0.365. The van der Waals surface area contributed by atoms with Crippen molar-refractivity contribution in [1.82, 2.24) is 15.5 Å². The number of aliphatic hydroxyl groups excluding tert-OH is 1. The zero-order chi connectivity index (χ0) is 26.7. The van der Waals surface area contributed by atoms with Crippen LogP contribution >= 0.6 is 0 Å².